The minimum atomic E-state index is -8.55. The Kier molecular flexibility index (Phi) is 6.78. The van der Waals surface area contributed by atoms with Crippen LogP contribution >= 0.6 is 0 Å². The van der Waals surface area contributed by atoms with Crippen molar-refractivity contribution in [1.29, 1.82) is 0 Å². The largest absolute Gasteiger partial charge is 0.478 e. The number of carboxylic acids is 1. The minimum absolute atomic E-state index is 0.577. The molecule has 0 aromatic rings. The number of ether oxygens (including phenoxy) is 1. The van der Waals surface area contributed by atoms with E-state index in [9.17, 15) is 79.8 Å². The molecule has 0 aliphatic carbocycles. The predicted molar refractivity (Wildman–Crippen MR) is 59.2 cm³/mol. The fourth-order valence-corrected chi connectivity index (χ4v) is 1.61. The van der Waals surface area contributed by atoms with E-state index in [1.165, 1.54) is 0 Å². The van der Waals surface area contributed by atoms with Crippen LogP contribution in [0.15, 0.2) is 0 Å². The average Bonchev–Trinajstić information content (AvgIpc) is 2.57. The molecular formula is C11H4F16O4. The fourth-order valence-electron chi connectivity index (χ4n) is 1.61. The number of Topliss-reactive ketones (excluding diaryl/α,β-unsaturated/α-hetero) is 1. The number of carbonyl (C=O) groups excluding carboxylic acids is 1. The number of carbonyl (C=O) groups is 2. The van der Waals surface area contributed by atoms with E-state index >= 15 is 0 Å². The normalized spacial score (nSPS) is 17.3. The molecule has 0 amide bonds. The van der Waals surface area contributed by atoms with Crippen LogP contribution in [0.3, 0.4) is 0 Å². The Bertz CT molecular complexity index is 726. The van der Waals surface area contributed by atoms with Crippen LogP contribution in [0, 0.1) is 0 Å². The molecule has 0 fully saturated rings. The summed E-state index contributed by atoms with van der Waals surface area (Å²) in [7, 11) is -0.577. The Balaban J connectivity index is 6.89. The number of hydrogen-bond donors (Lipinski definition) is 1. The van der Waals surface area contributed by atoms with E-state index in [1.54, 1.807) is 0 Å². The number of carboxylic acid groups (broad SMARTS) is 1. The molecule has 0 rings (SSSR count). The van der Waals surface area contributed by atoms with Crippen molar-refractivity contribution >= 4 is 11.8 Å². The lowest BCUT2D eigenvalue weighted by Gasteiger charge is -2.41. The molecule has 1 N–H and O–H groups in total. The quantitative estimate of drug-likeness (QED) is 0.376. The van der Waals surface area contributed by atoms with E-state index in [4.69, 9.17) is 5.11 Å². The monoisotopic (exact) mass is 504 g/mol. The number of alkyl halides is 16. The molecule has 0 radical (unpaired) electrons. The lowest BCUT2D eigenvalue weighted by Crippen LogP contribution is -2.74. The topological polar surface area (TPSA) is 63.6 Å². The Labute approximate surface area is 157 Å². The third-order valence-electron chi connectivity index (χ3n) is 3.48. The standard InChI is InChI=1S/C11H4F16O4/c1-31-11(26,27)9(21,22)8(19,20)7(17,18)6(15,16)5(13,14)2(28)4(12,3(29)30)10(23,24)25/h1H3,(H,29,30). The van der Waals surface area contributed by atoms with Crippen LogP contribution in [-0.2, 0) is 14.3 Å². The van der Waals surface area contributed by atoms with Crippen LogP contribution in [0.25, 0.3) is 0 Å². The minimum Gasteiger partial charge on any atom is -0.478 e. The van der Waals surface area contributed by atoms with Crippen LogP contribution in [0.2, 0.25) is 0 Å². The van der Waals surface area contributed by atoms with Crippen molar-refractivity contribution in [2.24, 2.45) is 0 Å². The summed E-state index contributed by atoms with van der Waals surface area (Å²) in [6.07, 6.45) is -14.2. The molecule has 0 aliphatic rings. The Morgan fingerprint density at radius 3 is 1.19 bits per heavy atom. The summed E-state index contributed by atoms with van der Waals surface area (Å²) < 4.78 is 211. The number of ketones is 1. The molecule has 0 aromatic heterocycles. The maximum absolute atomic E-state index is 13.4. The van der Waals surface area contributed by atoms with Gasteiger partial charge in [-0.05, 0) is 0 Å². The molecule has 0 aromatic carbocycles. The average molecular weight is 504 g/mol. The van der Waals surface area contributed by atoms with Crippen LogP contribution < -0.4 is 0 Å². The van der Waals surface area contributed by atoms with Crippen molar-refractivity contribution in [3.8, 4) is 0 Å². The van der Waals surface area contributed by atoms with Crippen molar-refractivity contribution in [1.82, 2.24) is 0 Å². The number of aliphatic carboxylic acids is 1. The van der Waals surface area contributed by atoms with Crippen molar-refractivity contribution < 1.29 is 89.7 Å². The first-order valence-electron chi connectivity index (χ1n) is 6.52. The first-order chi connectivity index (χ1) is 13.2. The highest BCUT2D eigenvalue weighted by Crippen LogP contribution is 2.61. The molecule has 0 aliphatic heterocycles. The van der Waals surface area contributed by atoms with Gasteiger partial charge in [0.15, 0.2) is 0 Å². The van der Waals surface area contributed by atoms with Crippen LogP contribution in [0.1, 0.15) is 0 Å². The lowest BCUT2D eigenvalue weighted by molar-refractivity contribution is -0.452. The molecule has 0 spiro atoms. The highest BCUT2D eigenvalue weighted by molar-refractivity contribution is 6.11. The van der Waals surface area contributed by atoms with Crippen LogP contribution in [-0.4, -0.2) is 71.5 Å². The molecule has 1 atom stereocenters. The molecule has 0 bridgehead atoms. The number of halogens is 16. The van der Waals surface area contributed by atoms with E-state index in [1.807, 2.05) is 0 Å². The SMILES string of the molecule is COC(F)(F)C(F)(F)C(F)(F)C(F)(F)C(F)(F)C(F)(F)C(=O)C(F)(C(=O)O)C(F)(F)F. The summed E-state index contributed by atoms with van der Waals surface area (Å²) in [5.74, 6) is -51.0. The van der Waals surface area contributed by atoms with Gasteiger partial charge in [0.05, 0.1) is 0 Å². The number of hydrogen-bond acceptors (Lipinski definition) is 3. The van der Waals surface area contributed by atoms with Gasteiger partial charge in [-0.2, -0.15) is 65.9 Å². The fraction of sp³-hybridized carbons (Fsp3) is 0.818. The second-order valence-corrected chi connectivity index (χ2v) is 5.38. The van der Waals surface area contributed by atoms with Gasteiger partial charge in [0.1, 0.15) is 0 Å². The summed E-state index contributed by atoms with van der Waals surface area (Å²) in [5, 5.41) is 7.93. The Morgan fingerprint density at radius 2 is 0.935 bits per heavy atom. The van der Waals surface area contributed by atoms with Gasteiger partial charge in [0.25, 0.3) is 5.78 Å². The summed E-state index contributed by atoms with van der Waals surface area (Å²) in [5.41, 5.74) is -7.15. The second-order valence-electron chi connectivity index (χ2n) is 5.38. The molecular weight excluding hydrogens is 500 g/mol. The molecule has 0 heterocycles. The number of methoxy groups -OCH3 is 1. The van der Waals surface area contributed by atoms with Gasteiger partial charge in [-0.15, -0.1) is 0 Å². The first kappa shape index (κ1) is 29.0. The highest BCUT2D eigenvalue weighted by Gasteiger charge is 2.93. The van der Waals surface area contributed by atoms with Crippen LogP contribution in [0.5, 0.6) is 0 Å². The molecule has 0 saturated carbocycles. The van der Waals surface area contributed by atoms with Gasteiger partial charge < -0.3 is 9.84 Å². The van der Waals surface area contributed by atoms with Crippen LogP contribution in [0.4, 0.5) is 70.2 Å². The first-order valence-corrected chi connectivity index (χ1v) is 6.52. The third kappa shape index (κ3) is 3.55. The maximum Gasteiger partial charge on any atom is 0.441 e. The van der Waals surface area contributed by atoms with Gasteiger partial charge >= 0.3 is 53.5 Å². The second kappa shape index (κ2) is 7.26. The van der Waals surface area contributed by atoms with E-state index in [0.29, 0.717) is 0 Å². The molecule has 20 heteroatoms. The molecule has 31 heavy (non-hydrogen) atoms. The van der Waals surface area contributed by atoms with Crippen molar-refractivity contribution in [3.63, 3.8) is 0 Å². The lowest BCUT2D eigenvalue weighted by atomic mass is 9.86. The zero-order valence-electron chi connectivity index (χ0n) is 13.7. The van der Waals surface area contributed by atoms with Gasteiger partial charge in [0.2, 0.25) is 0 Å². The number of rotatable bonds is 9. The summed E-state index contributed by atoms with van der Waals surface area (Å²) >= 11 is 0. The zero-order chi connectivity index (χ0) is 25.9. The van der Waals surface area contributed by atoms with E-state index in [2.05, 4.69) is 4.74 Å². The van der Waals surface area contributed by atoms with Crippen molar-refractivity contribution in [2.75, 3.05) is 7.11 Å². The van der Waals surface area contributed by atoms with E-state index < -0.39 is 66.4 Å². The zero-order valence-corrected chi connectivity index (χ0v) is 13.7. The molecule has 4 nitrogen and oxygen atoms in total. The van der Waals surface area contributed by atoms with Gasteiger partial charge in [0, 0.05) is 7.11 Å². The summed E-state index contributed by atoms with van der Waals surface area (Å²) in [6, 6.07) is 0. The van der Waals surface area contributed by atoms with E-state index in [-0.39, 0.29) is 0 Å². The smallest absolute Gasteiger partial charge is 0.441 e. The van der Waals surface area contributed by atoms with E-state index in [0.717, 1.165) is 0 Å². The summed E-state index contributed by atoms with van der Waals surface area (Å²) in [4.78, 5) is 21.0. The molecule has 1 unspecified atom stereocenters. The molecule has 184 valence electrons. The van der Waals surface area contributed by atoms with Crippen molar-refractivity contribution in [2.45, 2.75) is 47.6 Å². The molecule has 0 saturated heterocycles. The van der Waals surface area contributed by atoms with Gasteiger partial charge in [-0.1, -0.05) is 0 Å². The predicted octanol–water partition coefficient (Wildman–Crippen LogP) is 4.33. The van der Waals surface area contributed by atoms with Crippen molar-refractivity contribution in [3.05, 3.63) is 0 Å². The highest BCUT2D eigenvalue weighted by atomic mass is 19.4. The Morgan fingerprint density at radius 1 is 0.613 bits per heavy atom. The van der Waals surface area contributed by atoms with Gasteiger partial charge in [-0.25, -0.2) is 9.18 Å². The summed E-state index contributed by atoms with van der Waals surface area (Å²) in [6.45, 7) is 0. The Hall–Kier alpha value is -2.02. The third-order valence-corrected chi connectivity index (χ3v) is 3.48. The maximum atomic E-state index is 13.4. The van der Waals surface area contributed by atoms with Gasteiger partial charge in [-0.3, -0.25) is 4.79 Å².